The lowest BCUT2D eigenvalue weighted by Gasteiger charge is -2.43. The maximum Gasteiger partial charge on any atom is 0.0861 e. The lowest BCUT2D eigenvalue weighted by molar-refractivity contribution is -0.0934. The second-order valence-electron chi connectivity index (χ2n) is 17.3. The summed E-state index contributed by atoms with van der Waals surface area (Å²) in [6.45, 7) is 9.19. The van der Waals surface area contributed by atoms with E-state index in [0.717, 1.165) is 35.5 Å². The number of ether oxygens (including phenoxy) is 1. The van der Waals surface area contributed by atoms with Gasteiger partial charge in [0.15, 0.2) is 0 Å². The largest absolute Gasteiger partial charge is 0.365 e. The molecule has 0 N–H and O–H groups in total. The van der Waals surface area contributed by atoms with Crippen molar-refractivity contribution in [3.05, 3.63) is 70.8 Å². The Balaban J connectivity index is 1.14. The van der Waals surface area contributed by atoms with E-state index in [0.29, 0.717) is 11.8 Å². The van der Waals surface area contributed by atoms with Crippen LogP contribution >= 0.6 is 0 Å². The first-order chi connectivity index (χ1) is 23.0. The molecule has 4 aliphatic carbocycles. The molecular formula is C46H70O. The molecule has 0 bridgehead atoms. The van der Waals surface area contributed by atoms with Gasteiger partial charge in [0, 0.05) is 0 Å². The minimum Gasteiger partial charge on any atom is -0.365 e. The van der Waals surface area contributed by atoms with Gasteiger partial charge in [-0.1, -0.05) is 125 Å². The molecule has 0 aliphatic heterocycles. The maximum absolute atomic E-state index is 7.62. The van der Waals surface area contributed by atoms with Crippen LogP contribution in [0.25, 0.3) is 0 Å². The fourth-order valence-electron chi connectivity index (χ4n) is 11.1. The quantitative estimate of drug-likeness (QED) is 0.225. The molecule has 4 fully saturated rings. The normalized spacial score (nSPS) is 33.3. The minimum absolute atomic E-state index is 0.203. The highest BCUT2D eigenvalue weighted by molar-refractivity contribution is 5.26. The summed E-state index contributed by atoms with van der Waals surface area (Å²) >= 11 is 0. The van der Waals surface area contributed by atoms with Gasteiger partial charge in [-0.25, -0.2) is 0 Å². The van der Waals surface area contributed by atoms with Crippen LogP contribution in [-0.2, 0) is 4.74 Å². The Bertz CT molecular complexity index is 1060. The Labute approximate surface area is 290 Å². The first-order valence-electron chi connectivity index (χ1n) is 20.8. The summed E-state index contributed by atoms with van der Waals surface area (Å²) in [4.78, 5) is 0. The van der Waals surface area contributed by atoms with Crippen LogP contribution in [0.3, 0.4) is 0 Å². The third-order valence-electron chi connectivity index (χ3n) is 14.1. The lowest BCUT2D eigenvalue weighted by atomic mass is 9.67. The molecule has 260 valence electrons. The summed E-state index contributed by atoms with van der Waals surface area (Å²) in [6.07, 6.45) is 29.0. The molecule has 0 saturated heterocycles. The number of benzene rings is 2. The summed E-state index contributed by atoms with van der Waals surface area (Å²) in [5, 5.41) is 0. The molecule has 0 spiro atoms. The zero-order valence-corrected chi connectivity index (χ0v) is 30.9. The molecule has 6 rings (SSSR count). The zero-order valence-electron chi connectivity index (χ0n) is 30.9. The number of hydrogen-bond donors (Lipinski definition) is 0. The standard InChI is InChI=1S/C46H70O/c1-5-7-35-13-21-37(22-14-35)39-25-29-43(30-26-39)45(41-17-9-33(3)10-18-41)47-46(42-19-11-34(4)12-20-42)44-31-27-40(28-32-44)38-23-15-36(8-6-2)16-24-38/h9-12,17-20,35-40,43-46H,5-8,13-16,21-32H2,1-4H3/t35-,36-,37-,38-,39-,40-,43-,44-,45?,46?. The van der Waals surface area contributed by atoms with E-state index in [1.807, 2.05) is 0 Å². The van der Waals surface area contributed by atoms with E-state index in [2.05, 4.69) is 76.2 Å². The van der Waals surface area contributed by atoms with Crippen molar-refractivity contribution in [2.24, 2.45) is 47.3 Å². The van der Waals surface area contributed by atoms with Crippen LogP contribution in [0.5, 0.6) is 0 Å². The molecule has 2 aromatic carbocycles. The average Bonchev–Trinajstić information content (AvgIpc) is 3.11. The molecule has 0 heterocycles. The minimum atomic E-state index is 0.203. The molecular weight excluding hydrogens is 569 g/mol. The van der Waals surface area contributed by atoms with Crippen molar-refractivity contribution in [1.82, 2.24) is 0 Å². The van der Waals surface area contributed by atoms with Gasteiger partial charge >= 0.3 is 0 Å². The van der Waals surface area contributed by atoms with Crippen molar-refractivity contribution in [2.45, 2.75) is 168 Å². The van der Waals surface area contributed by atoms with E-state index < -0.39 is 0 Å². The van der Waals surface area contributed by atoms with Gasteiger partial charge in [0.2, 0.25) is 0 Å². The SMILES string of the molecule is CCC[C@H]1CC[C@H]([C@H]2CC[C@H](C(OC(c3ccc(C)cc3)[C@H]3CC[C@H]([C@H]4CC[C@H](CCC)CC4)CC3)c3ccc(C)cc3)CC2)CC1. The maximum atomic E-state index is 7.62. The van der Waals surface area contributed by atoms with E-state index in [1.54, 1.807) is 0 Å². The predicted octanol–water partition coefficient (Wildman–Crippen LogP) is 13.9. The van der Waals surface area contributed by atoms with Crippen molar-refractivity contribution < 1.29 is 4.74 Å². The Morgan fingerprint density at radius 2 is 0.745 bits per heavy atom. The van der Waals surface area contributed by atoms with Crippen molar-refractivity contribution in [3.63, 3.8) is 0 Å². The molecule has 0 aromatic heterocycles. The van der Waals surface area contributed by atoms with Crippen LogP contribution in [0.15, 0.2) is 48.5 Å². The Morgan fingerprint density at radius 3 is 1.04 bits per heavy atom. The van der Waals surface area contributed by atoms with E-state index in [4.69, 9.17) is 4.74 Å². The first kappa shape index (κ1) is 35.2. The van der Waals surface area contributed by atoms with E-state index in [-0.39, 0.29) is 12.2 Å². The summed E-state index contributed by atoms with van der Waals surface area (Å²) in [5.41, 5.74) is 5.56. The third kappa shape index (κ3) is 9.35. The van der Waals surface area contributed by atoms with Crippen LogP contribution in [-0.4, -0.2) is 0 Å². The van der Waals surface area contributed by atoms with Gasteiger partial charge in [-0.05, 0) is 149 Å². The second kappa shape index (κ2) is 17.4. The molecule has 4 aliphatic rings. The number of hydrogen-bond acceptors (Lipinski definition) is 1. The van der Waals surface area contributed by atoms with Gasteiger partial charge in [0.25, 0.3) is 0 Å². The highest BCUT2D eigenvalue weighted by Gasteiger charge is 2.39. The molecule has 0 amide bonds. The molecule has 2 unspecified atom stereocenters. The van der Waals surface area contributed by atoms with Crippen molar-refractivity contribution in [3.8, 4) is 0 Å². The molecule has 0 radical (unpaired) electrons. The first-order valence-corrected chi connectivity index (χ1v) is 20.8. The summed E-state index contributed by atoms with van der Waals surface area (Å²) < 4.78 is 7.62. The van der Waals surface area contributed by atoms with Gasteiger partial charge < -0.3 is 4.74 Å². The van der Waals surface area contributed by atoms with E-state index in [1.165, 1.54) is 151 Å². The van der Waals surface area contributed by atoms with Gasteiger partial charge in [-0.15, -0.1) is 0 Å². The van der Waals surface area contributed by atoms with Crippen molar-refractivity contribution in [2.75, 3.05) is 0 Å². The molecule has 1 nitrogen and oxygen atoms in total. The van der Waals surface area contributed by atoms with Crippen molar-refractivity contribution >= 4 is 0 Å². The highest BCUT2D eigenvalue weighted by atomic mass is 16.5. The topological polar surface area (TPSA) is 9.23 Å². The molecule has 1 heteroatoms. The monoisotopic (exact) mass is 639 g/mol. The van der Waals surface area contributed by atoms with Crippen LogP contribution in [0, 0.1) is 61.2 Å². The average molecular weight is 639 g/mol. The number of aryl methyl sites for hydroxylation is 2. The molecule has 2 aromatic rings. The fourth-order valence-corrected chi connectivity index (χ4v) is 11.1. The fraction of sp³-hybridized carbons (Fsp3) is 0.739. The second-order valence-corrected chi connectivity index (χ2v) is 17.3. The number of rotatable bonds is 12. The summed E-state index contributed by atoms with van der Waals surface area (Å²) in [7, 11) is 0. The van der Waals surface area contributed by atoms with Gasteiger partial charge in [-0.3, -0.25) is 0 Å². The van der Waals surface area contributed by atoms with Gasteiger partial charge in [0.1, 0.15) is 0 Å². The molecule has 47 heavy (non-hydrogen) atoms. The summed E-state index contributed by atoms with van der Waals surface area (Å²) in [5.74, 6) is 7.17. The third-order valence-corrected chi connectivity index (χ3v) is 14.1. The summed E-state index contributed by atoms with van der Waals surface area (Å²) in [6, 6.07) is 18.9. The zero-order chi connectivity index (χ0) is 32.6. The Kier molecular flexibility index (Phi) is 13.0. The van der Waals surface area contributed by atoms with Crippen molar-refractivity contribution in [1.29, 1.82) is 0 Å². The van der Waals surface area contributed by atoms with Gasteiger partial charge in [-0.2, -0.15) is 0 Å². The smallest absolute Gasteiger partial charge is 0.0861 e. The highest BCUT2D eigenvalue weighted by Crippen LogP contribution is 2.50. The lowest BCUT2D eigenvalue weighted by Crippen LogP contribution is -2.31. The Morgan fingerprint density at radius 1 is 0.447 bits per heavy atom. The van der Waals surface area contributed by atoms with Crippen LogP contribution < -0.4 is 0 Å². The Hall–Kier alpha value is -1.60. The van der Waals surface area contributed by atoms with Crippen LogP contribution in [0.1, 0.15) is 177 Å². The van der Waals surface area contributed by atoms with E-state index >= 15 is 0 Å². The van der Waals surface area contributed by atoms with Gasteiger partial charge in [0.05, 0.1) is 12.2 Å². The molecule has 4 saturated carbocycles. The van der Waals surface area contributed by atoms with E-state index in [9.17, 15) is 0 Å². The predicted molar refractivity (Wildman–Crippen MR) is 201 cm³/mol. The van der Waals surface area contributed by atoms with Crippen LogP contribution in [0.2, 0.25) is 0 Å². The molecule has 2 atom stereocenters. The van der Waals surface area contributed by atoms with Crippen LogP contribution in [0.4, 0.5) is 0 Å².